The number of sulfonamides is 1. The second-order valence-corrected chi connectivity index (χ2v) is 7.01. The predicted octanol–water partition coefficient (Wildman–Crippen LogP) is 3.72. The van der Waals surface area contributed by atoms with Crippen LogP contribution in [0.1, 0.15) is 24.2 Å². The van der Waals surface area contributed by atoms with E-state index in [0.717, 1.165) is 0 Å². The first-order valence-electron chi connectivity index (χ1n) is 7.59. The Morgan fingerprint density at radius 2 is 1.76 bits per heavy atom. The van der Waals surface area contributed by atoms with E-state index in [1.165, 1.54) is 30.3 Å². The van der Waals surface area contributed by atoms with E-state index < -0.39 is 16.0 Å². The molecule has 0 spiro atoms. The van der Waals surface area contributed by atoms with Gasteiger partial charge in [0.25, 0.3) is 10.0 Å². The van der Waals surface area contributed by atoms with Crippen molar-refractivity contribution in [2.75, 3.05) is 17.9 Å². The van der Waals surface area contributed by atoms with Crippen molar-refractivity contribution in [3.05, 3.63) is 53.1 Å². The maximum absolute atomic E-state index is 12.4. The van der Waals surface area contributed by atoms with E-state index in [0.29, 0.717) is 12.4 Å². The molecule has 0 aromatic heterocycles. The molecular formula is C17H18ClNO5S. The van der Waals surface area contributed by atoms with Crippen molar-refractivity contribution in [3.63, 3.8) is 0 Å². The molecule has 0 aliphatic rings. The van der Waals surface area contributed by atoms with Crippen LogP contribution in [0.4, 0.5) is 5.69 Å². The van der Waals surface area contributed by atoms with Crippen LogP contribution in [0.3, 0.4) is 0 Å². The van der Waals surface area contributed by atoms with Gasteiger partial charge >= 0.3 is 5.97 Å². The van der Waals surface area contributed by atoms with Gasteiger partial charge in [0.05, 0.1) is 34.4 Å². The Kier molecular flexibility index (Phi) is 6.27. The highest BCUT2D eigenvalue weighted by Gasteiger charge is 2.17. The van der Waals surface area contributed by atoms with Crippen LogP contribution < -0.4 is 9.46 Å². The summed E-state index contributed by atoms with van der Waals surface area (Å²) in [6, 6.07) is 10.2. The van der Waals surface area contributed by atoms with Crippen molar-refractivity contribution >= 4 is 33.3 Å². The summed E-state index contributed by atoms with van der Waals surface area (Å²) in [5.41, 5.74) is 0.416. The van der Waals surface area contributed by atoms with Crippen LogP contribution in [0.15, 0.2) is 47.4 Å². The summed E-state index contributed by atoms with van der Waals surface area (Å²) in [5, 5.41) is 0.0973. The largest absolute Gasteiger partial charge is 0.494 e. The van der Waals surface area contributed by atoms with Gasteiger partial charge in [-0.2, -0.15) is 0 Å². The molecule has 2 rings (SSSR count). The zero-order chi connectivity index (χ0) is 18.4. The van der Waals surface area contributed by atoms with E-state index >= 15 is 0 Å². The zero-order valence-electron chi connectivity index (χ0n) is 13.8. The van der Waals surface area contributed by atoms with Crippen molar-refractivity contribution in [1.29, 1.82) is 0 Å². The Labute approximate surface area is 151 Å². The lowest BCUT2D eigenvalue weighted by Crippen LogP contribution is -2.13. The first-order valence-corrected chi connectivity index (χ1v) is 9.46. The number of nitrogens with one attached hydrogen (secondary N) is 1. The van der Waals surface area contributed by atoms with Gasteiger partial charge in [0, 0.05) is 0 Å². The molecule has 134 valence electrons. The minimum atomic E-state index is -3.82. The Bertz CT molecular complexity index is 850. The van der Waals surface area contributed by atoms with Crippen LogP contribution in [0.5, 0.6) is 5.75 Å². The zero-order valence-corrected chi connectivity index (χ0v) is 15.4. The molecule has 0 atom stereocenters. The Morgan fingerprint density at radius 3 is 2.32 bits per heavy atom. The van der Waals surface area contributed by atoms with Crippen LogP contribution in [0.2, 0.25) is 5.02 Å². The summed E-state index contributed by atoms with van der Waals surface area (Å²) in [6.07, 6.45) is 0. The molecule has 25 heavy (non-hydrogen) atoms. The Hall–Kier alpha value is -2.25. The monoisotopic (exact) mass is 383 g/mol. The summed E-state index contributed by atoms with van der Waals surface area (Å²) in [4.78, 5) is 11.7. The van der Waals surface area contributed by atoms with Gasteiger partial charge in [-0.15, -0.1) is 0 Å². The first-order chi connectivity index (χ1) is 11.9. The Morgan fingerprint density at radius 1 is 1.08 bits per heavy atom. The highest BCUT2D eigenvalue weighted by molar-refractivity contribution is 7.92. The molecular weight excluding hydrogens is 366 g/mol. The molecule has 0 radical (unpaired) electrons. The molecule has 1 N–H and O–H groups in total. The number of ether oxygens (including phenoxy) is 2. The van der Waals surface area contributed by atoms with E-state index in [-0.39, 0.29) is 27.8 Å². The SMILES string of the molecule is CCOC(=O)c1ccc(NS(=O)(=O)c2ccc(OCC)cc2)c(Cl)c1. The molecule has 0 aliphatic carbocycles. The normalized spacial score (nSPS) is 11.0. The van der Waals surface area contributed by atoms with Crippen molar-refractivity contribution in [2.24, 2.45) is 0 Å². The molecule has 6 nitrogen and oxygen atoms in total. The van der Waals surface area contributed by atoms with Gasteiger partial charge in [0.15, 0.2) is 0 Å². The molecule has 0 saturated heterocycles. The highest BCUT2D eigenvalue weighted by Crippen LogP contribution is 2.26. The van der Waals surface area contributed by atoms with E-state index in [1.807, 2.05) is 6.92 Å². The van der Waals surface area contributed by atoms with E-state index in [9.17, 15) is 13.2 Å². The van der Waals surface area contributed by atoms with Gasteiger partial charge in [-0.25, -0.2) is 13.2 Å². The van der Waals surface area contributed by atoms with Crippen LogP contribution in [0, 0.1) is 0 Å². The molecule has 2 aromatic carbocycles. The van der Waals surface area contributed by atoms with E-state index in [4.69, 9.17) is 21.1 Å². The van der Waals surface area contributed by atoms with Crippen molar-refractivity contribution in [1.82, 2.24) is 0 Å². The lowest BCUT2D eigenvalue weighted by atomic mass is 10.2. The number of hydrogen-bond donors (Lipinski definition) is 1. The third-order valence-electron chi connectivity index (χ3n) is 3.17. The summed E-state index contributed by atoms with van der Waals surface area (Å²) < 4.78 is 37.4. The molecule has 0 amide bonds. The van der Waals surface area contributed by atoms with Crippen LogP contribution in [-0.4, -0.2) is 27.6 Å². The molecule has 0 bridgehead atoms. The summed E-state index contributed by atoms with van der Waals surface area (Å²) in [7, 11) is -3.82. The fourth-order valence-corrected chi connectivity index (χ4v) is 3.39. The second kappa shape index (κ2) is 8.22. The maximum Gasteiger partial charge on any atom is 0.338 e. The number of anilines is 1. The third-order valence-corrected chi connectivity index (χ3v) is 4.86. The number of halogens is 1. The molecule has 0 heterocycles. The molecule has 2 aromatic rings. The lowest BCUT2D eigenvalue weighted by molar-refractivity contribution is 0.0526. The number of esters is 1. The van der Waals surface area contributed by atoms with Crippen molar-refractivity contribution < 1.29 is 22.7 Å². The average molecular weight is 384 g/mol. The number of carbonyl (C=O) groups is 1. The Balaban J connectivity index is 2.21. The quantitative estimate of drug-likeness (QED) is 0.737. The van der Waals surface area contributed by atoms with Gasteiger partial charge in [-0.1, -0.05) is 11.6 Å². The average Bonchev–Trinajstić information content (AvgIpc) is 2.57. The van der Waals surface area contributed by atoms with Crippen molar-refractivity contribution in [3.8, 4) is 5.75 Å². The molecule has 0 saturated carbocycles. The fraction of sp³-hybridized carbons (Fsp3) is 0.235. The van der Waals surface area contributed by atoms with Gasteiger partial charge in [-0.3, -0.25) is 4.72 Å². The number of hydrogen-bond acceptors (Lipinski definition) is 5. The van der Waals surface area contributed by atoms with E-state index in [1.54, 1.807) is 19.1 Å². The van der Waals surface area contributed by atoms with E-state index in [2.05, 4.69) is 4.72 Å². The standard InChI is InChI=1S/C17H18ClNO5S/c1-3-23-13-6-8-14(9-7-13)25(21,22)19-16-10-5-12(11-15(16)18)17(20)24-4-2/h5-11,19H,3-4H2,1-2H3. The number of carbonyl (C=O) groups excluding carboxylic acids is 1. The smallest absolute Gasteiger partial charge is 0.338 e. The van der Waals surface area contributed by atoms with Gasteiger partial charge in [0.1, 0.15) is 5.75 Å². The minimum Gasteiger partial charge on any atom is -0.494 e. The summed E-state index contributed by atoms with van der Waals surface area (Å²) in [5.74, 6) is 0.0589. The highest BCUT2D eigenvalue weighted by atomic mass is 35.5. The van der Waals surface area contributed by atoms with Crippen LogP contribution in [0.25, 0.3) is 0 Å². The fourth-order valence-electron chi connectivity index (χ4n) is 2.02. The third kappa shape index (κ3) is 4.87. The molecule has 0 fully saturated rings. The predicted molar refractivity (Wildman–Crippen MR) is 95.8 cm³/mol. The minimum absolute atomic E-state index is 0.0708. The second-order valence-electron chi connectivity index (χ2n) is 4.93. The molecule has 0 unspecified atom stereocenters. The van der Waals surface area contributed by atoms with Crippen molar-refractivity contribution in [2.45, 2.75) is 18.7 Å². The van der Waals surface area contributed by atoms with Crippen LogP contribution >= 0.6 is 11.6 Å². The summed E-state index contributed by atoms with van der Waals surface area (Å²) >= 11 is 6.08. The molecule has 0 aliphatic heterocycles. The van der Waals surface area contributed by atoms with Gasteiger partial charge < -0.3 is 9.47 Å². The molecule has 8 heteroatoms. The number of benzene rings is 2. The number of rotatable bonds is 7. The van der Waals surface area contributed by atoms with Gasteiger partial charge in [0.2, 0.25) is 0 Å². The van der Waals surface area contributed by atoms with Gasteiger partial charge in [-0.05, 0) is 56.3 Å². The summed E-state index contributed by atoms with van der Waals surface area (Å²) in [6.45, 7) is 4.27. The first kappa shape index (κ1) is 19.1. The lowest BCUT2D eigenvalue weighted by Gasteiger charge is -2.11. The van der Waals surface area contributed by atoms with Crippen LogP contribution in [-0.2, 0) is 14.8 Å². The maximum atomic E-state index is 12.4. The topological polar surface area (TPSA) is 81.7 Å².